The Labute approximate surface area is 260 Å². The molecule has 4 rings (SSSR count). The van der Waals surface area contributed by atoms with Crippen molar-refractivity contribution < 1.29 is 24.1 Å². The normalized spacial score (nSPS) is 15.0. The largest absolute Gasteiger partial charge is 0.507 e. The van der Waals surface area contributed by atoms with Crippen LogP contribution in [-0.4, -0.2) is 55.3 Å². The standard InChI is InChI=1S/C35H46N2O5S/c1-21(15-24-18-29(41-9)30(42-10)19-28(24)40-8)33(39)37-13-11-22(12-14-37)32-36-27(20-43-32)23-16-25(34(2,3)4)31(38)26(17-23)35(5,6)7/h15-20,22,38H,11-14H2,1-10H3/b21-15+. The lowest BCUT2D eigenvalue weighted by atomic mass is 9.78. The lowest BCUT2D eigenvalue weighted by Crippen LogP contribution is -2.38. The SMILES string of the molecule is COc1cc(OC)c(OC)cc1/C=C(\C)C(=O)N1CCC(c2nc(-c3cc(C(C)(C)C)c(O)c(C(C)(C)C)c3)cs2)CC1. The number of hydrogen-bond donors (Lipinski definition) is 1. The van der Waals surface area contributed by atoms with Crippen LogP contribution in [0.15, 0.2) is 35.2 Å². The van der Waals surface area contributed by atoms with Crippen molar-refractivity contribution in [2.45, 2.75) is 78.1 Å². The molecule has 1 aliphatic heterocycles. The van der Waals surface area contributed by atoms with Crippen LogP contribution in [0.2, 0.25) is 0 Å². The van der Waals surface area contributed by atoms with Crippen LogP contribution in [0.5, 0.6) is 23.0 Å². The zero-order chi connectivity index (χ0) is 31.7. The van der Waals surface area contributed by atoms with Crippen LogP contribution >= 0.6 is 11.3 Å². The van der Waals surface area contributed by atoms with Gasteiger partial charge in [-0.05, 0) is 54.9 Å². The van der Waals surface area contributed by atoms with Gasteiger partial charge < -0.3 is 24.2 Å². The summed E-state index contributed by atoms with van der Waals surface area (Å²) in [6, 6.07) is 7.77. The van der Waals surface area contributed by atoms with E-state index in [1.54, 1.807) is 38.7 Å². The number of rotatable bonds is 7. The number of aromatic nitrogens is 1. The van der Waals surface area contributed by atoms with Gasteiger partial charge in [-0.25, -0.2) is 4.98 Å². The van der Waals surface area contributed by atoms with Gasteiger partial charge in [0.05, 0.1) is 32.0 Å². The second-order valence-electron chi connectivity index (χ2n) is 13.3. The number of phenols is 1. The molecular weight excluding hydrogens is 560 g/mol. The summed E-state index contributed by atoms with van der Waals surface area (Å²) in [5.41, 5.74) is 4.85. The number of aromatic hydroxyl groups is 1. The molecule has 1 aromatic heterocycles. The van der Waals surface area contributed by atoms with E-state index in [-0.39, 0.29) is 16.7 Å². The summed E-state index contributed by atoms with van der Waals surface area (Å²) < 4.78 is 16.4. The highest BCUT2D eigenvalue weighted by molar-refractivity contribution is 7.10. The van der Waals surface area contributed by atoms with Gasteiger partial charge in [0.15, 0.2) is 11.5 Å². The molecule has 1 aliphatic rings. The van der Waals surface area contributed by atoms with Crippen molar-refractivity contribution in [2.24, 2.45) is 0 Å². The number of phenolic OH excluding ortho intramolecular Hbond substituents is 1. The maximum atomic E-state index is 13.4. The first-order chi connectivity index (χ1) is 20.2. The van der Waals surface area contributed by atoms with Crippen LogP contribution in [0.25, 0.3) is 17.3 Å². The molecule has 8 heteroatoms. The van der Waals surface area contributed by atoms with E-state index >= 15 is 0 Å². The Kier molecular flexibility index (Phi) is 9.50. The number of likely N-dealkylation sites (tertiary alicyclic amines) is 1. The van der Waals surface area contributed by atoms with Gasteiger partial charge in [0.25, 0.3) is 0 Å². The molecule has 1 fully saturated rings. The maximum absolute atomic E-state index is 13.4. The van der Waals surface area contributed by atoms with E-state index in [0.717, 1.165) is 45.8 Å². The molecular formula is C35H46N2O5S. The molecule has 232 valence electrons. The van der Waals surface area contributed by atoms with E-state index in [4.69, 9.17) is 19.2 Å². The molecule has 0 bridgehead atoms. The van der Waals surface area contributed by atoms with Crippen LogP contribution < -0.4 is 14.2 Å². The quantitative estimate of drug-likeness (QED) is 0.275. The molecule has 3 aromatic rings. The van der Waals surface area contributed by atoms with E-state index in [0.29, 0.717) is 47.6 Å². The Morgan fingerprint density at radius 2 is 1.44 bits per heavy atom. The van der Waals surface area contributed by atoms with E-state index in [1.807, 2.05) is 24.0 Å². The number of carbonyl (C=O) groups excluding carboxylic acids is 1. The lowest BCUT2D eigenvalue weighted by Gasteiger charge is -2.31. The maximum Gasteiger partial charge on any atom is 0.249 e. The average Bonchev–Trinajstić information content (AvgIpc) is 3.46. The van der Waals surface area contributed by atoms with Gasteiger partial charge in [0, 0.05) is 58.3 Å². The summed E-state index contributed by atoms with van der Waals surface area (Å²) in [5, 5.41) is 14.4. The molecule has 7 nitrogen and oxygen atoms in total. The number of methoxy groups -OCH3 is 3. The predicted octanol–water partition coefficient (Wildman–Crippen LogP) is 7.95. The number of piperidine rings is 1. The smallest absolute Gasteiger partial charge is 0.249 e. The average molecular weight is 607 g/mol. The molecule has 0 unspecified atom stereocenters. The molecule has 0 saturated carbocycles. The molecule has 0 spiro atoms. The van der Waals surface area contributed by atoms with Gasteiger partial charge in [-0.1, -0.05) is 41.5 Å². The molecule has 0 atom stereocenters. The first-order valence-corrected chi connectivity index (χ1v) is 15.7. The molecule has 0 aliphatic carbocycles. The Hall–Kier alpha value is -3.52. The third-order valence-electron chi connectivity index (χ3n) is 8.12. The van der Waals surface area contributed by atoms with Crippen LogP contribution in [0.4, 0.5) is 0 Å². The van der Waals surface area contributed by atoms with Gasteiger partial charge in [-0.15, -0.1) is 11.3 Å². The van der Waals surface area contributed by atoms with Gasteiger partial charge in [-0.3, -0.25) is 4.79 Å². The van der Waals surface area contributed by atoms with Gasteiger partial charge in [0.1, 0.15) is 11.5 Å². The van der Waals surface area contributed by atoms with E-state index in [9.17, 15) is 9.90 Å². The molecule has 1 saturated heterocycles. The summed E-state index contributed by atoms with van der Waals surface area (Å²) in [4.78, 5) is 20.4. The highest BCUT2D eigenvalue weighted by atomic mass is 32.1. The first kappa shape index (κ1) is 32.4. The van der Waals surface area contributed by atoms with Gasteiger partial charge >= 0.3 is 0 Å². The number of benzene rings is 2. The number of hydrogen-bond acceptors (Lipinski definition) is 7. The highest BCUT2D eigenvalue weighted by Gasteiger charge is 2.29. The third-order valence-corrected chi connectivity index (χ3v) is 9.13. The number of nitrogens with zero attached hydrogens (tertiary/aromatic N) is 2. The Morgan fingerprint density at radius 3 is 1.95 bits per heavy atom. The second-order valence-corrected chi connectivity index (χ2v) is 14.2. The molecule has 43 heavy (non-hydrogen) atoms. The van der Waals surface area contributed by atoms with Gasteiger partial charge in [0.2, 0.25) is 5.91 Å². The fourth-order valence-corrected chi connectivity index (χ4v) is 6.57. The van der Waals surface area contributed by atoms with E-state index in [2.05, 4.69) is 59.1 Å². The van der Waals surface area contributed by atoms with Crippen molar-refractivity contribution in [1.29, 1.82) is 0 Å². The van der Waals surface area contributed by atoms with Crippen LogP contribution in [0.3, 0.4) is 0 Å². The fourth-order valence-electron chi connectivity index (χ4n) is 5.57. The van der Waals surface area contributed by atoms with Crippen molar-refractivity contribution in [2.75, 3.05) is 34.4 Å². The summed E-state index contributed by atoms with van der Waals surface area (Å²) in [7, 11) is 4.76. The van der Waals surface area contributed by atoms with E-state index < -0.39 is 0 Å². The van der Waals surface area contributed by atoms with Crippen molar-refractivity contribution in [3.63, 3.8) is 0 Å². The third kappa shape index (κ3) is 7.01. The summed E-state index contributed by atoms with van der Waals surface area (Å²) in [5.74, 6) is 2.46. The summed E-state index contributed by atoms with van der Waals surface area (Å²) >= 11 is 1.69. The van der Waals surface area contributed by atoms with Crippen molar-refractivity contribution in [3.8, 4) is 34.3 Å². The Morgan fingerprint density at radius 1 is 0.907 bits per heavy atom. The molecule has 2 heterocycles. The molecule has 2 aromatic carbocycles. The van der Waals surface area contributed by atoms with Crippen LogP contribution in [-0.2, 0) is 15.6 Å². The lowest BCUT2D eigenvalue weighted by molar-refractivity contribution is -0.128. The molecule has 1 N–H and O–H groups in total. The van der Waals surface area contributed by atoms with E-state index in [1.165, 1.54) is 0 Å². The first-order valence-electron chi connectivity index (χ1n) is 14.8. The Bertz CT molecular complexity index is 1470. The monoisotopic (exact) mass is 606 g/mol. The van der Waals surface area contributed by atoms with Crippen LogP contribution in [0, 0.1) is 0 Å². The summed E-state index contributed by atoms with van der Waals surface area (Å²) in [6.45, 7) is 15.9. The second kappa shape index (κ2) is 12.6. The zero-order valence-corrected chi connectivity index (χ0v) is 28.1. The van der Waals surface area contributed by atoms with Gasteiger partial charge in [-0.2, -0.15) is 0 Å². The zero-order valence-electron chi connectivity index (χ0n) is 27.3. The number of thiazole rings is 1. The molecule has 1 amide bonds. The number of ether oxygens (including phenoxy) is 3. The minimum atomic E-state index is -0.199. The minimum Gasteiger partial charge on any atom is -0.507 e. The summed E-state index contributed by atoms with van der Waals surface area (Å²) in [6.07, 6.45) is 3.57. The fraction of sp³-hybridized carbons (Fsp3) is 0.486. The topological polar surface area (TPSA) is 81.1 Å². The minimum absolute atomic E-state index is 0.0172. The van der Waals surface area contributed by atoms with Crippen LogP contribution in [0.1, 0.15) is 88.9 Å². The van der Waals surface area contributed by atoms with Crippen molar-refractivity contribution in [3.05, 3.63) is 56.9 Å². The van der Waals surface area contributed by atoms with Crippen molar-refractivity contribution in [1.82, 2.24) is 9.88 Å². The highest BCUT2D eigenvalue weighted by Crippen LogP contribution is 2.43. The Balaban J connectivity index is 1.50. The van der Waals surface area contributed by atoms with Crippen molar-refractivity contribution >= 4 is 23.3 Å². The molecule has 0 radical (unpaired) electrons. The number of amides is 1. The number of carbonyl (C=O) groups is 1. The predicted molar refractivity (Wildman–Crippen MR) is 175 cm³/mol.